The zero-order valence-electron chi connectivity index (χ0n) is 16.1. The predicted molar refractivity (Wildman–Crippen MR) is 103 cm³/mol. The third-order valence-electron chi connectivity index (χ3n) is 5.05. The molecule has 0 saturated carbocycles. The van der Waals surface area contributed by atoms with Crippen LogP contribution < -0.4 is 0 Å². The van der Waals surface area contributed by atoms with E-state index in [1.807, 2.05) is 52.0 Å². The summed E-state index contributed by atoms with van der Waals surface area (Å²) in [5.41, 5.74) is 6.36. The summed E-state index contributed by atoms with van der Waals surface area (Å²) in [6.45, 7) is 11.1. The highest BCUT2D eigenvalue weighted by molar-refractivity contribution is 5.85. The van der Waals surface area contributed by atoms with Crippen LogP contribution in [0.4, 0.5) is 8.78 Å². The van der Waals surface area contributed by atoms with E-state index in [2.05, 4.69) is 4.98 Å². The van der Waals surface area contributed by atoms with Gasteiger partial charge in [-0.2, -0.15) is 0 Å². The fraction of sp³-hybridized carbons (Fsp3) is 0.261. The highest BCUT2D eigenvalue weighted by Crippen LogP contribution is 2.40. The number of pyridine rings is 1. The lowest BCUT2D eigenvalue weighted by molar-refractivity contribution is 0.590. The molecule has 0 aliphatic rings. The van der Waals surface area contributed by atoms with E-state index in [9.17, 15) is 0 Å². The van der Waals surface area contributed by atoms with Gasteiger partial charge in [-0.15, -0.1) is 0 Å². The highest BCUT2D eigenvalue weighted by Gasteiger charge is 2.24. The van der Waals surface area contributed by atoms with Crippen LogP contribution in [0.25, 0.3) is 22.4 Å². The number of halogens is 2. The zero-order chi connectivity index (χ0) is 19.2. The summed E-state index contributed by atoms with van der Waals surface area (Å²) in [4.78, 5) is 4.41. The maximum absolute atomic E-state index is 15.3. The second-order valence-electron chi connectivity index (χ2n) is 7.16. The molecule has 3 aromatic rings. The molecule has 1 heterocycles. The molecule has 1 aromatic heterocycles. The van der Waals surface area contributed by atoms with Crippen LogP contribution in [0.15, 0.2) is 30.5 Å². The first kappa shape index (κ1) is 18.2. The van der Waals surface area contributed by atoms with E-state index >= 15 is 8.78 Å². The lowest BCUT2D eigenvalue weighted by atomic mass is 9.89. The molecular formula is C23H23F2N. The van der Waals surface area contributed by atoms with Gasteiger partial charge in [-0.25, -0.2) is 8.78 Å². The van der Waals surface area contributed by atoms with E-state index < -0.39 is 5.82 Å². The largest absolute Gasteiger partial charge is 0.256 e. The van der Waals surface area contributed by atoms with Gasteiger partial charge in [0.25, 0.3) is 0 Å². The molecule has 0 fully saturated rings. The molecule has 1 nitrogen and oxygen atoms in total. The first-order valence-electron chi connectivity index (χ1n) is 8.71. The number of benzene rings is 2. The van der Waals surface area contributed by atoms with Crippen LogP contribution in [0.5, 0.6) is 0 Å². The van der Waals surface area contributed by atoms with Gasteiger partial charge in [0.05, 0.1) is 5.69 Å². The van der Waals surface area contributed by atoms with Gasteiger partial charge in [0.2, 0.25) is 0 Å². The van der Waals surface area contributed by atoms with Gasteiger partial charge in [0, 0.05) is 17.3 Å². The maximum Gasteiger partial charge on any atom is 0.136 e. The molecule has 0 atom stereocenters. The average molecular weight is 351 g/mol. The van der Waals surface area contributed by atoms with Crippen molar-refractivity contribution in [3.8, 4) is 22.4 Å². The number of nitrogens with zero attached hydrogens (tertiary/aromatic N) is 1. The van der Waals surface area contributed by atoms with Gasteiger partial charge in [-0.1, -0.05) is 29.3 Å². The van der Waals surface area contributed by atoms with Crippen molar-refractivity contribution in [1.29, 1.82) is 0 Å². The molecule has 0 aliphatic heterocycles. The van der Waals surface area contributed by atoms with Gasteiger partial charge in [-0.05, 0) is 75.4 Å². The van der Waals surface area contributed by atoms with Gasteiger partial charge in [-0.3, -0.25) is 4.98 Å². The SMILES string of the molecule is Cc1cc(C)cc(-c2c(F)c(C)c(C)c(F)c2-c2cc(C)c(C)cn2)c1. The minimum atomic E-state index is -0.409. The second-order valence-corrected chi connectivity index (χ2v) is 7.16. The van der Waals surface area contributed by atoms with Crippen LogP contribution in [-0.2, 0) is 0 Å². The Labute approximate surface area is 153 Å². The molecule has 0 N–H and O–H groups in total. The lowest BCUT2D eigenvalue weighted by Crippen LogP contribution is -2.03. The maximum atomic E-state index is 15.3. The van der Waals surface area contributed by atoms with Crippen molar-refractivity contribution < 1.29 is 8.78 Å². The van der Waals surface area contributed by atoms with Crippen LogP contribution >= 0.6 is 0 Å². The molecule has 0 spiro atoms. The Kier molecular flexibility index (Phi) is 4.66. The van der Waals surface area contributed by atoms with Crippen molar-refractivity contribution in [3.63, 3.8) is 0 Å². The summed E-state index contributed by atoms with van der Waals surface area (Å²) in [6, 6.07) is 7.63. The van der Waals surface area contributed by atoms with Crippen molar-refractivity contribution in [2.75, 3.05) is 0 Å². The molecule has 134 valence electrons. The standard InChI is InChI=1S/C23H23F2N/c1-12-7-13(2)9-18(8-12)20-21(19-10-14(3)15(4)11-26-19)23(25)17(6)16(5)22(20)24/h7-11H,1-6H3. The molecule has 0 amide bonds. The lowest BCUT2D eigenvalue weighted by Gasteiger charge is -2.18. The van der Waals surface area contributed by atoms with Crippen LogP contribution in [0.1, 0.15) is 33.4 Å². The Morgan fingerprint density at radius 1 is 0.654 bits per heavy atom. The summed E-state index contributed by atoms with van der Waals surface area (Å²) < 4.78 is 30.6. The van der Waals surface area contributed by atoms with Gasteiger partial charge in [0.15, 0.2) is 0 Å². The van der Waals surface area contributed by atoms with Crippen molar-refractivity contribution >= 4 is 0 Å². The van der Waals surface area contributed by atoms with Crippen molar-refractivity contribution in [1.82, 2.24) is 4.98 Å². The van der Waals surface area contributed by atoms with E-state index in [4.69, 9.17) is 0 Å². The second kappa shape index (κ2) is 6.64. The van der Waals surface area contributed by atoms with Gasteiger partial charge < -0.3 is 0 Å². The number of rotatable bonds is 2. The summed E-state index contributed by atoms with van der Waals surface area (Å²) >= 11 is 0. The van der Waals surface area contributed by atoms with E-state index in [-0.39, 0.29) is 16.9 Å². The van der Waals surface area contributed by atoms with Crippen molar-refractivity contribution in [2.24, 2.45) is 0 Å². The fourth-order valence-corrected chi connectivity index (χ4v) is 3.32. The molecule has 0 unspecified atom stereocenters. The predicted octanol–water partition coefficient (Wildman–Crippen LogP) is 6.54. The third kappa shape index (κ3) is 3.03. The third-order valence-corrected chi connectivity index (χ3v) is 5.05. The monoisotopic (exact) mass is 351 g/mol. The first-order valence-corrected chi connectivity index (χ1v) is 8.71. The first-order chi connectivity index (χ1) is 12.2. The molecule has 3 heteroatoms. The smallest absolute Gasteiger partial charge is 0.136 e. The van der Waals surface area contributed by atoms with E-state index in [1.165, 1.54) is 0 Å². The van der Waals surface area contributed by atoms with E-state index in [0.717, 1.165) is 22.3 Å². The molecular weight excluding hydrogens is 328 g/mol. The average Bonchev–Trinajstić information content (AvgIpc) is 2.57. The number of aromatic nitrogens is 1. The molecule has 2 aromatic carbocycles. The normalized spacial score (nSPS) is 11.1. The Hall–Kier alpha value is -2.55. The van der Waals surface area contributed by atoms with Crippen molar-refractivity contribution in [3.05, 3.63) is 75.5 Å². The summed E-state index contributed by atoms with van der Waals surface area (Å²) in [5, 5.41) is 0. The Balaban J connectivity index is 2.44. The number of hydrogen-bond donors (Lipinski definition) is 0. The molecule has 0 aliphatic carbocycles. The van der Waals surface area contributed by atoms with Crippen LogP contribution in [0, 0.1) is 53.2 Å². The highest BCUT2D eigenvalue weighted by atomic mass is 19.1. The van der Waals surface area contributed by atoms with Crippen LogP contribution in [0.2, 0.25) is 0 Å². The number of hydrogen-bond acceptors (Lipinski definition) is 1. The van der Waals surface area contributed by atoms with Gasteiger partial charge >= 0.3 is 0 Å². The Morgan fingerprint density at radius 2 is 1.19 bits per heavy atom. The number of aryl methyl sites for hydroxylation is 4. The molecule has 3 rings (SSSR count). The Morgan fingerprint density at radius 3 is 1.73 bits per heavy atom. The summed E-state index contributed by atoms with van der Waals surface area (Å²) in [5.74, 6) is -0.794. The van der Waals surface area contributed by atoms with Gasteiger partial charge in [0.1, 0.15) is 11.6 Å². The van der Waals surface area contributed by atoms with Crippen molar-refractivity contribution in [2.45, 2.75) is 41.5 Å². The quantitative estimate of drug-likeness (QED) is 0.510. The zero-order valence-corrected chi connectivity index (χ0v) is 16.1. The minimum Gasteiger partial charge on any atom is -0.256 e. The molecule has 26 heavy (non-hydrogen) atoms. The van der Waals surface area contributed by atoms with Crippen LogP contribution in [0.3, 0.4) is 0 Å². The topological polar surface area (TPSA) is 12.9 Å². The van der Waals surface area contributed by atoms with E-state index in [1.54, 1.807) is 20.0 Å². The molecule has 0 saturated heterocycles. The fourth-order valence-electron chi connectivity index (χ4n) is 3.32. The van der Waals surface area contributed by atoms with Crippen LogP contribution in [-0.4, -0.2) is 4.98 Å². The summed E-state index contributed by atoms with van der Waals surface area (Å²) in [6.07, 6.45) is 1.71. The summed E-state index contributed by atoms with van der Waals surface area (Å²) in [7, 11) is 0. The molecule has 0 radical (unpaired) electrons. The Bertz CT molecular complexity index is 999. The molecule has 0 bridgehead atoms. The minimum absolute atomic E-state index is 0.235. The van der Waals surface area contributed by atoms with E-state index in [0.29, 0.717) is 22.4 Å².